The third-order valence-electron chi connectivity index (χ3n) is 6.54. The van der Waals surface area contributed by atoms with Gasteiger partial charge in [-0.1, -0.05) is 39.6 Å². The van der Waals surface area contributed by atoms with E-state index in [0.717, 1.165) is 28.0 Å². The topological polar surface area (TPSA) is 251 Å². The van der Waals surface area contributed by atoms with Crippen LogP contribution in [0.1, 0.15) is 11.5 Å². The van der Waals surface area contributed by atoms with Gasteiger partial charge in [0.25, 0.3) is 17.3 Å². The number of oxime groups is 1. The highest BCUT2D eigenvalue weighted by Crippen LogP contribution is 2.45. The van der Waals surface area contributed by atoms with Gasteiger partial charge in [-0.2, -0.15) is 0 Å². The number of rotatable bonds is 11. The first-order valence-electron chi connectivity index (χ1n) is 12.8. The molecule has 3 aromatic rings. The predicted molar refractivity (Wildman–Crippen MR) is 173 cm³/mol. The summed E-state index contributed by atoms with van der Waals surface area (Å²) in [5.41, 5.74) is 4.07. The highest BCUT2D eigenvalue weighted by molar-refractivity contribution is 8.00. The maximum absolute atomic E-state index is 13.2. The molecular weight excluding hydrogens is 723 g/mol. The van der Waals surface area contributed by atoms with Crippen LogP contribution in [-0.4, -0.2) is 93.8 Å². The molecule has 0 aliphatic carbocycles. The maximum atomic E-state index is 13.2. The largest absolute Gasteiger partial charge is 0.503 e. The Morgan fingerprint density at radius 1 is 1.26 bits per heavy atom. The minimum Gasteiger partial charge on any atom is -0.503 e. The lowest BCUT2D eigenvalue weighted by Gasteiger charge is -2.49. The highest BCUT2D eigenvalue weighted by Gasteiger charge is 2.54. The van der Waals surface area contributed by atoms with Crippen molar-refractivity contribution in [2.45, 2.75) is 16.9 Å². The number of aromatic nitrogens is 2. The summed E-state index contributed by atoms with van der Waals surface area (Å²) < 4.78 is 5.27. The van der Waals surface area contributed by atoms with E-state index in [0.29, 0.717) is 0 Å². The molecule has 0 radical (unpaired) electrons. The first-order valence-corrected chi connectivity index (χ1v) is 16.8. The summed E-state index contributed by atoms with van der Waals surface area (Å²) >= 11 is 15.0. The average molecular weight is 744 g/mol. The summed E-state index contributed by atoms with van der Waals surface area (Å²) in [4.78, 5) is 60.1. The summed E-state index contributed by atoms with van der Waals surface area (Å²) in [5, 5.41) is 49.4. The molecule has 21 heteroatoms. The zero-order valence-electron chi connectivity index (χ0n) is 23.4. The minimum atomic E-state index is -1.43. The second-order valence-corrected chi connectivity index (χ2v) is 13.1. The Hall–Kier alpha value is -4.43. The second kappa shape index (κ2) is 13.7. The summed E-state index contributed by atoms with van der Waals surface area (Å²) in [6.07, 6.45) is 4.31. The van der Waals surface area contributed by atoms with E-state index < -0.39 is 57.8 Å². The summed E-state index contributed by atoms with van der Waals surface area (Å²) in [7, 11) is 0. The number of thioether (sulfide) groups is 2. The fourth-order valence-corrected chi connectivity index (χ4v) is 6.97. The fraction of sp³-hybridized carbons (Fsp3) is 0.192. The first-order chi connectivity index (χ1) is 22.3. The number of thiazole rings is 1. The molecule has 2 amide bonds. The number of anilines is 1. The first kappa shape index (κ1) is 33.9. The number of carboxylic acids is 2. The number of fused-ring (bicyclic) bond motifs is 1. The molecule has 0 spiro atoms. The molecule has 1 unspecified atom stereocenters. The number of nitrogens with zero attached hydrogens (tertiary/aromatic N) is 4. The molecule has 0 bridgehead atoms. The van der Waals surface area contributed by atoms with E-state index in [4.69, 9.17) is 38.3 Å². The number of nitrogen functional groups attached to an aromatic ring is 1. The molecule has 7 N–H and O–H groups in total. The number of benzene rings is 1. The van der Waals surface area contributed by atoms with Crippen molar-refractivity contribution in [2.24, 2.45) is 5.16 Å². The van der Waals surface area contributed by atoms with E-state index >= 15 is 0 Å². The van der Waals surface area contributed by atoms with E-state index in [9.17, 15) is 39.6 Å². The number of phenolic OH excluding ortho intramolecular Hbond substituents is 2. The molecule has 0 saturated carbocycles. The lowest BCUT2D eigenvalue weighted by molar-refractivity contribution is -0.150. The molecule has 246 valence electrons. The Morgan fingerprint density at radius 3 is 2.64 bits per heavy atom. The van der Waals surface area contributed by atoms with Gasteiger partial charge in [0.05, 0.1) is 10.0 Å². The van der Waals surface area contributed by atoms with E-state index in [1.807, 2.05) is 0 Å². The van der Waals surface area contributed by atoms with Crippen molar-refractivity contribution in [3.63, 3.8) is 0 Å². The van der Waals surface area contributed by atoms with Gasteiger partial charge in [-0.3, -0.25) is 14.5 Å². The van der Waals surface area contributed by atoms with Crippen molar-refractivity contribution < 1.29 is 49.0 Å². The van der Waals surface area contributed by atoms with Crippen LogP contribution < -0.4 is 11.1 Å². The number of β-lactam (4-membered cyclic amide) rings is 1. The van der Waals surface area contributed by atoms with E-state index in [-0.39, 0.29) is 54.9 Å². The van der Waals surface area contributed by atoms with Crippen molar-refractivity contribution in [3.05, 3.63) is 56.4 Å². The van der Waals surface area contributed by atoms with Gasteiger partial charge in [-0.05, 0) is 24.0 Å². The summed E-state index contributed by atoms with van der Waals surface area (Å²) in [6, 6.07) is 1.56. The van der Waals surface area contributed by atoms with Gasteiger partial charge in [0.15, 0.2) is 28.1 Å². The van der Waals surface area contributed by atoms with E-state index in [1.54, 1.807) is 0 Å². The van der Waals surface area contributed by atoms with E-state index in [2.05, 4.69) is 20.6 Å². The molecule has 1 saturated heterocycles. The lowest BCUT2D eigenvalue weighted by Crippen LogP contribution is -2.71. The van der Waals surface area contributed by atoms with Gasteiger partial charge < -0.3 is 40.8 Å². The standard InChI is InChI=1S/C26H20Cl2N6O10S3/c1-45-25(24(41)42)44-33-15(13-7-47-26(29)30-13)20(37)31-16-21(38)34-17(23(39)40)8(6-46-22(16)34)2-3-9-4-12(32-43-9)10-5-11(27)18(35)19(36)14(10)28/h2-5,7,16,22,25,35-36H,6H2,1H3,(H2,29,30)(H,31,37)(H,39,40)(H,41,42)/b3-2+,33-15-/t16-,22-,25?/m1/s1. The molecule has 47 heavy (non-hydrogen) atoms. The van der Waals surface area contributed by atoms with Gasteiger partial charge in [-0.25, -0.2) is 14.6 Å². The molecule has 1 aromatic carbocycles. The number of nitrogens with two attached hydrogens (primary N) is 1. The van der Waals surface area contributed by atoms with E-state index in [1.165, 1.54) is 47.7 Å². The Balaban J connectivity index is 1.34. The number of phenols is 2. The Labute approximate surface area is 285 Å². The van der Waals surface area contributed by atoms with Gasteiger partial charge in [0.2, 0.25) is 0 Å². The SMILES string of the molecule is CSC(O/N=C(\C(=O)N[C@@H]1C(=O)N2C(C(=O)O)=C(/C=C/c3cc(-c4cc(Cl)c(O)c(O)c4Cl)no3)CS[C@H]12)c1csc(N)n1)C(=O)O. The van der Waals surface area contributed by atoms with Crippen LogP contribution in [0.2, 0.25) is 10.0 Å². The number of nitrogens with one attached hydrogen (secondary N) is 1. The number of aliphatic carboxylic acids is 2. The van der Waals surface area contributed by atoms with Crippen molar-refractivity contribution in [3.8, 4) is 22.8 Å². The third kappa shape index (κ3) is 6.70. The number of hydrogen-bond acceptors (Lipinski definition) is 15. The molecule has 2 aliphatic heterocycles. The average Bonchev–Trinajstić information content (AvgIpc) is 3.69. The molecule has 2 aliphatic rings. The minimum absolute atomic E-state index is 0.0168. The quantitative estimate of drug-likeness (QED) is 0.0543. The van der Waals surface area contributed by atoms with Gasteiger partial charge in [0, 0.05) is 22.8 Å². The predicted octanol–water partition coefficient (Wildman–Crippen LogP) is 3.04. The Kier molecular flexibility index (Phi) is 9.92. The summed E-state index contributed by atoms with van der Waals surface area (Å²) in [5.74, 6) is -5.32. The number of hydrogen-bond donors (Lipinski definition) is 6. The zero-order valence-corrected chi connectivity index (χ0v) is 27.4. The van der Waals surface area contributed by atoms with Crippen molar-refractivity contribution in [1.82, 2.24) is 20.4 Å². The van der Waals surface area contributed by atoms with Crippen LogP contribution in [0.4, 0.5) is 5.13 Å². The Morgan fingerprint density at radius 2 is 2.00 bits per heavy atom. The monoisotopic (exact) mass is 742 g/mol. The number of allylic oxidation sites excluding steroid dienone is 1. The normalized spacial score (nSPS) is 18.6. The molecule has 5 rings (SSSR count). The van der Waals surface area contributed by atoms with Gasteiger partial charge in [0.1, 0.15) is 28.5 Å². The molecule has 16 nitrogen and oxygen atoms in total. The Bertz CT molecular complexity index is 1890. The van der Waals surface area contributed by atoms with Crippen LogP contribution in [0.15, 0.2) is 44.5 Å². The smallest absolute Gasteiger partial charge is 0.358 e. The van der Waals surface area contributed by atoms with Crippen LogP contribution in [0.3, 0.4) is 0 Å². The van der Waals surface area contributed by atoms with Crippen LogP contribution in [0.25, 0.3) is 17.3 Å². The highest BCUT2D eigenvalue weighted by atomic mass is 35.5. The third-order valence-corrected chi connectivity index (χ3v) is 9.90. The lowest BCUT2D eigenvalue weighted by atomic mass is 10.0. The van der Waals surface area contributed by atoms with Gasteiger partial charge >= 0.3 is 11.9 Å². The molecule has 1 fully saturated rings. The number of halogens is 2. The van der Waals surface area contributed by atoms with Crippen molar-refractivity contribution in [2.75, 3.05) is 17.7 Å². The van der Waals surface area contributed by atoms with Crippen molar-refractivity contribution >= 4 is 98.7 Å². The van der Waals surface area contributed by atoms with Gasteiger partial charge in [-0.15, -0.1) is 34.9 Å². The van der Waals surface area contributed by atoms with Crippen LogP contribution >= 0.6 is 58.1 Å². The molecule has 3 atom stereocenters. The number of carboxylic acid groups (broad SMARTS) is 2. The van der Waals surface area contributed by atoms with Crippen LogP contribution in [0, 0.1) is 0 Å². The zero-order chi connectivity index (χ0) is 34.2. The maximum Gasteiger partial charge on any atom is 0.358 e. The number of aromatic hydroxyl groups is 2. The summed E-state index contributed by atoms with van der Waals surface area (Å²) in [6.45, 7) is 0. The van der Waals surface area contributed by atoms with Crippen LogP contribution in [0.5, 0.6) is 11.5 Å². The number of carbonyl (C=O) groups is 4. The van der Waals surface area contributed by atoms with Crippen LogP contribution in [-0.2, 0) is 24.0 Å². The van der Waals surface area contributed by atoms with Crippen molar-refractivity contribution in [1.29, 1.82) is 0 Å². The molecule has 2 aromatic heterocycles. The second-order valence-electron chi connectivity index (χ2n) is 9.43. The number of amides is 2. The molecular formula is C26H20Cl2N6O10S3. The fourth-order valence-electron chi connectivity index (χ4n) is 4.34. The number of carbonyl (C=O) groups excluding carboxylic acids is 2. The molecule has 4 heterocycles.